The van der Waals surface area contributed by atoms with Crippen LogP contribution in [-0.2, 0) is 0 Å². The van der Waals surface area contributed by atoms with Gasteiger partial charge in [0.05, 0.1) is 0 Å². The van der Waals surface area contributed by atoms with Crippen molar-refractivity contribution in [2.75, 3.05) is 6.54 Å². The Kier molecular flexibility index (Phi) is 3.40. The molecule has 0 bridgehead atoms. The predicted octanol–water partition coefficient (Wildman–Crippen LogP) is 2.55. The maximum Gasteiger partial charge on any atom is 0.101 e. The van der Waals surface area contributed by atoms with Gasteiger partial charge < -0.3 is 4.90 Å². The van der Waals surface area contributed by atoms with E-state index in [-0.39, 0.29) is 0 Å². The molecule has 0 aromatic rings. The highest BCUT2D eigenvalue weighted by atomic mass is 35.5. The molecule has 0 saturated heterocycles. The molecule has 0 rings (SSSR count). The zero-order valence-corrected chi connectivity index (χ0v) is 6.70. The molecular weight excluding hydrogens is 134 g/mol. The first-order chi connectivity index (χ1) is 4.09. The molecule has 0 aliphatic rings. The van der Waals surface area contributed by atoms with E-state index in [1.165, 1.54) is 0 Å². The number of nitrogens with zero attached hydrogens (tertiary/aromatic N) is 1. The van der Waals surface area contributed by atoms with E-state index in [9.17, 15) is 0 Å². The van der Waals surface area contributed by atoms with E-state index in [0.29, 0.717) is 5.16 Å². The second-order valence-electron chi connectivity index (χ2n) is 1.86. The van der Waals surface area contributed by atoms with Gasteiger partial charge in [-0.1, -0.05) is 24.8 Å². The Morgan fingerprint density at radius 1 is 1.56 bits per heavy atom. The molecule has 0 heterocycles. The van der Waals surface area contributed by atoms with Crippen LogP contribution in [-0.4, -0.2) is 11.4 Å². The smallest absolute Gasteiger partial charge is 0.101 e. The lowest BCUT2D eigenvalue weighted by molar-refractivity contribution is 0.483. The van der Waals surface area contributed by atoms with Gasteiger partial charge in [0.2, 0.25) is 0 Å². The molecule has 0 aromatic carbocycles. The monoisotopic (exact) mass is 145 g/mol. The fraction of sp³-hybridized carbons (Fsp3) is 0.429. The third-order valence-electron chi connectivity index (χ3n) is 1.07. The van der Waals surface area contributed by atoms with Gasteiger partial charge in [-0.05, 0) is 13.8 Å². The van der Waals surface area contributed by atoms with Crippen LogP contribution in [0.5, 0.6) is 0 Å². The normalized spacial score (nSPS) is 8.78. The fourth-order valence-electron chi connectivity index (χ4n) is 0.649. The van der Waals surface area contributed by atoms with Gasteiger partial charge in [0.25, 0.3) is 0 Å². The molecule has 0 saturated carbocycles. The van der Waals surface area contributed by atoms with Crippen LogP contribution in [0.2, 0.25) is 0 Å². The maximum atomic E-state index is 5.61. The summed E-state index contributed by atoms with van der Waals surface area (Å²) in [7, 11) is 0. The highest BCUT2D eigenvalue weighted by Gasteiger charge is 2.00. The maximum absolute atomic E-state index is 5.61. The molecule has 52 valence electrons. The lowest BCUT2D eigenvalue weighted by Crippen LogP contribution is -2.15. The summed E-state index contributed by atoms with van der Waals surface area (Å²) in [6.45, 7) is 12.0. The van der Waals surface area contributed by atoms with Crippen LogP contribution in [0.1, 0.15) is 13.8 Å². The van der Waals surface area contributed by atoms with E-state index in [2.05, 4.69) is 13.2 Å². The van der Waals surface area contributed by atoms with Crippen molar-refractivity contribution in [1.82, 2.24) is 4.90 Å². The summed E-state index contributed by atoms with van der Waals surface area (Å²) in [4.78, 5) is 1.83. The van der Waals surface area contributed by atoms with Crippen LogP contribution >= 0.6 is 11.6 Å². The van der Waals surface area contributed by atoms with Crippen molar-refractivity contribution in [2.45, 2.75) is 13.8 Å². The molecule has 0 radical (unpaired) electrons. The van der Waals surface area contributed by atoms with Crippen molar-refractivity contribution in [3.63, 3.8) is 0 Å². The van der Waals surface area contributed by atoms with Gasteiger partial charge in [-0.15, -0.1) is 0 Å². The standard InChI is InChI=1S/C7H12ClN/c1-5-9(6(2)3)7(4)8/h2,4-5H2,1,3H3. The van der Waals surface area contributed by atoms with Crippen LogP contribution in [0, 0.1) is 0 Å². The molecule has 0 aliphatic carbocycles. The molecule has 0 fully saturated rings. The summed E-state index contributed by atoms with van der Waals surface area (Å²) in [5.41, 5.74) is 0.928. The highest BCUT2D eigenvalue weighted by Crippen LogP contribution is 2.11. The van der Waals surface area contributed by atoms with Crippen LogP contribution in [0.25, 0.3) is 0 Å². The van der Waals surface area contributed by atoms with E-state index in [1.54, 1.807) is 0 Å². The van der Waals surface area contributed by atoms with Crippen LogP contribution in [0.15, 0.2) is 24.0 Å². The zero-order valence-electron chi connectivity index (χ0n) is 5.95. The second kappa shape index (κ2) is 3.57. The van der Waals surface area contributed by atoms with E-state index in [4.69, 9.17) is 11.6 Å². The largest absolute Gasteiger partial charge is 0.338 e. The Labute approximate surface area is 61.6 Å². The summed E-state index contributed by atoms with van der Waals surface area (Å²) < 4.78 is 0. The zero-order chi connectivity index (χ0) is 7.44. The first kappa shape index (κ1) is 8.57. The molecular formula is C7H12ClN. The summed E-state index contributed by atoms with van der Waals surface area (Å²) in [6, 6.07) is 0. The third kappa shape index (κ3) is 2.56. The second-order valence-corrected chi connectivity index (χ2v) is 2.29. The summed E-state index contributed by atoms with van der Waals surface area (Å²) >= 11 is 5.61. The number of rotatable bonds is 3. The average Bonchev–Trinajstić information content (AvgIpc) is 1.64. The highest BCUT2D eigenvalue weighted by molar-refractivity contribution is 6.28. The Balaban J connectivity index is 3.99. The van der Waals surface area contributed by atoms with Crippen molar-refractivity contribution >= 4 is 11.6 Å². The molecule has 0 amide bonds. The van der Waals surface area contributed by atoms with Crippen molar-refractivity contribution in [3.05, 3.63) is 24.0 Å². The van der Waals surface area contributed by atoms with Gasteiger partial charge in [0.1, 0.15) is 5.16 Å². The van der Waals surface area contributed by atoms with E-state index in [1.807, 2.05) is 18.7 Å². The molecule has 1 nitrogen and oxygen atoms in total. The van der Waals surface area contributed by atoms with Gasteiger partial charge in [-0.3, -0.25) is 0 Å². The summed E-state index contributed by atoms with van der Waals surface area (Å²) in [5, 5.41) is 0.532. The van der Waals surface area contributed by atoms with Gasteiger partial charge in [-0.25, -0.2) is 0 Å². The van der Waals surface area contributed by atoms with E-state index in [0.717, 1.165) is 12.2 Å². The minimum Gasteiger partial charge on any atom is -0.338 e. The molecule has 0 aliphatic heterocycles. The Bertz CT molecular complexity index is 115. The van der Waals surface area contributed by atoms with Crippen molar-refractivity contribution in [2.24, 2.45) is 0 Å². The molecule has 0 unspecified atom stereocenters. The summed E-state index contributed by atoms with van der Waals surface area (Å²) in [5.74, 6) is 0. The van der Waals surface area contributed by atoms with Crippen molar-refractivity contribution in [1.29, 1.82) is 0 Å². The number of halogens is 1. The molecule has 0 aromatic heterocycles. The minimum atomic E-state index is 0.532. The minimum absolute atomic E-state index is 0.532. The van der Waals surface area contributed by atoms with Crippen LogP contribution < -0.4 is 0 Å². The molecule has 2 heteroatoms. The van der Waals surface area contributed by atoms with Crippen LogP contribution in [0.3, 0.4) is 0 Å². The lowest BCUT2D eigenvalue weighted by Gasteiger charge is -2.20. The van der Waals surface area contributed by atoms with Crippen molar-refractivity contribution < 1.29 is 0 Å². The van der Waals surface area contributed by atoms with Crippen LogP contribution in [0.4, 0.5) is 0 Å². The van der Waals surface area contributed by atoms with Crippen molar-refractivity contribution in [3.8, 4) is 0 Å². The quantitative estimate of drug-likeness (QED) is 0.552. The fourth-order valence-corrected chi connectivity index (χ4v) is 0.912. The Morgan fingerprint density at radius 2 is 2.00 bits per heavy atom. The number of hydrogen-bond donors (Lipinski definition) is 0. The summed E-state index contributed by atoms with van der Waals surface area (Å²) in [6.07, 6.45) is 0. The number of allylic oxidation sites excluding steroid dienone is 1. The van der Waals surface area contributed by atoms with Gasteiger partial charge >= 0.3 is 0 Å². The average molecular weight is 146 g/mol. The number of hydrogen-bond acceptors (Lipinski definition) is 1. The van der Waals surface area contributed by atoms with Gasteiger partial charge in [-0.2, -0.15) is 0 Å². The molecule has 0 spiro atoms. The topological polar surface area (TPSA) is 3.24 Å². The first-order valence-electron chi connectivity index (χ1n) is 2.87. The van der Waals surface area contributed by atoms with Gasteiger partial charge in [0.15, 0.2) is 0 Å². The first-order valence-corrected chi connectivity index (χ1v) is 3.24. The Hall–Kier alpha value is -0.430. The SMILES string of the molecule is C=C(C)N(CC)C(=C)Cl. The van der Waals surface area contributed by atoms with E-state index < -0.39 is 0 Å². The molecule has 9 heavy (non-hydrogen) atoms. The molecule has 0 atom stereocenters. The van der Waals surface area contributed by atoms with E-state index >= 15 is 0 Å². The lowest BCUT2D eigenvalue weighted by atomic mass is 10.4. The van der Waals surface area contributed by atoms with Gasteiger partial charge in [0, 0.05) is 12.2 Å². The third-order valence-corrected chi connectivity index (χ3v) is 1.27. The Morgan fingerprint density at radius 3 is 2.00 bits per heavy atom. The molecule has 0 N–H and O–H groups in total. The predicted molar refractivity (Wildman–Crippen MR) is 42.2 cm³/mol.